The normalized spacial score (nSPS) is 21.3. The molecule has 0 N–H and O–H groups in total. The van der Waals surface area contributed by atoms with Crippen molar-refractivity contribution < 1.29 is 13.2 Å². The molecular weight excluding hydrogens is 224 g/mol. The van der Waals surface area contributed by atoms with E-state index in [0.717, 1.165) is 12.8 Å². The van der Waals surface area contributed by atoms with Crippen molar-refractivity contribution in [3.8, 4) is 0 Å². The van der Waals surface area contributed by atoms with Gasteiger partial charge in [0.15, 0.2) is 0 Å². The van der Waals surface area contributed by atoms with E-state index >= 15 is 0 Å². The van der Waals surface area contributed by atoms with Gasteiger partial charge in [-0.2, -0.15) is 0 Å². The summed E-state index contributed by atoms with van der Waals surface area (Å²) in [6.45, 7) is 2.34. The number of hydrogen-bond donors (Lipinski definition) is 0. The summed E-state index contributed by atoms with van der Waals surface area (Å²) in [5.41, 5.74) is 0. The molecule has 0 radical (unpaired) electrons. The molecule has 1 saturated carbocycles. The lowest BCUT2D eigenvalue weighted by Crippen LogP contribution is -2.18. The number of ether oxygens (including phenoxy) is 1. The van der Waals surface area contributed by atoms with Crippen LogP contribution in [0.25, 0.3) is 0 Å². The lowest BCUT2D eigenvalue weighted by molar-refractivity contribution is 0.0413. The fourth-order valence-corrected chi connectivity index (χ4v) is 3.16. The second-order valence-electron chi connectivity index (χ2n) is 4.05. The van der Waals surface area contributed by atoms with E-state index in [2.05, 4.69) is 0 Å². The summed E-state index contributed by atoms with van der Waals surface area (Å²) in [6.07, 6.45) is 5.02. The average Bonchev–Trinajstić information content (AvgIpc) is 2.49. The maximum absolute atomic E-state index is 10.7. The first-order valence-corrected chi connectivity index (χ1v) is 7.49. The van der Waals surface area contributed by atoms with Gasteiger partial charge in [-0.15, -0.1) is 0 Å². The molecule has 5 heteroatoms. The van der Waals surface area contributed by atoms with Gasteiger partial charge in [-0.25, -0.2) is 8.42 Å². The third-order valence-electron chi connectivity index (χ3n) is 2.40. The summed E-state index contributed by atoms with van der Waals surface area (Å²) in [5, 5.41) is 0. The van der Waals surface area contributed by atoms with E-state index in [-0.39, 0.29) is 11.7 Å². The van der Waals surface area contributed by atoms with E-state index in [1.165, 1.54) is 12.8 Å². The highest BCUT2D eigenvalue weighted by atomic mass is 35.7. The van der Waals surface area contributed by atoms with E-state index in [0.29, 0.717) is 12.7 Å². The van der Waals surface area contributed by atoms with Crippen LogP contribution in [0.1, 0.15) is 32.6 Å². The van der Waals surface area contributed by atoms with Crippen molar-refractivity contribution in [3.63, 3.8) is 0 Å². The van der Waals surface area contributed by atoms with Gasteiger partial charge in [-0.3, -0.25) is 0 Å². The van der Waals surface area contributed by atoms with Crippen LogP contribution in [-0.2, 0) is 13.8 Å². The van der Waals surface area contributed by atoms with Crippen LogP contribution in [0.5, 0.6) is 0 Å². The van der Waals surface area contributed by atoms with Crippen molar-refractivity contribution in [1.29, 1.82) is 0 Å². The summed E-state index contributed by atoms with van der Waals surface area (Å²) >= 11 is 0. The van der Waals surface area contributed by atoms with Gasteiger partial charge < -0.3 is 4.74 Å². The van der Waals surface area contributed by atoms with E-state index in [1.807, 2.05) is 6.92 Å². The zero-order valence-corrected chi connectivity index (χ0v) is 9.98. The summed E-state index contributed by atoms with van der Waals surface area (Å²) < 4.78 is 27.1. The van der Waals surface area contributed by atoms with Crippen LogP contribution in [0.3, 0.4) is 0 Å². The molecule has 3 nitrogen and oxygen atoms in total. The van der Waals surface area contributed by atoms with Gasteiger partial charge in [0.1, 0.15) is 0 Å². The molecule has 84 valence electrons. The van der Waals surface area contributed by atoms with Crippen LogP contribution in [0, 0.1) is 5.92 Å². The van der Waals surface area contributed by atoms with E-state index in [4.69, 9.17) is 15.4 Å². The Morgan fingerprint density at radius 2 is 2.00 bits per heavy atom. The van der Waals surface area contributed by atoms with Crippen molar-refractivity contribution in [2.75, 3.05) is 12.4 Å². The smallest absolute Gasteiger partial charge is 0.232 e. The standard InChI is InChI=1S/C9H17ClO3S/c1-8(7-14(10,11)12)6-13-9-4-2-3-5-9/h8-9H,2-7H2,1H3/t8-/m1/s1. The van der Waals surface area contributed by atoms with E-state index < -0.39 is 9.05 Å². The maximum Gasteiger partial charge on any atom is 0.232 e. The molecule has 0 aromatic carbocycles. The van der Waals surface area contributed by atoms with Crippen LogP contribution in [0.4, 0.5) is 0 Å². The molecule has 1 rings (SSSR count). The molecule has 0 aromatic heterocycles. The largest absolute Gasteiger partial charge is 0.378 e. The van der Waals surface area contributed by atoms with Crippen molar-refractivity contribution in [2.45, 2.75) is 38.7 Å². The Morgan fingerprint density at radius 1 is 1.43 bits per heavy atom. The first-order valence-electron chi connectivity index (χ1n) is 5.01. The SMILES string of the molecule is C[C@H](COC1CCCC1)CS(=O)(=O)Cl. The Kier molecular flexibility index (Phi) is 4.67. The molecule has 0 saturated heterocycles. The topological polar surface area (TPSA) is 43.4 Å². The number of halogens is 1. The zero-order chi connectivity index (χ0) is 10.6. The molecule has 1 aliphatic carbocycles. The lowest BCUT2D eigenvalue weighted by atomic mass is 10.2. The highest BCUT2D eigenvalue weighted by molar-refractivity contribution is 8.13. The molecular formula is C9H17ClO3S. The second-order valence-corrected chi connectivity index (χ2v) is 6.87. The van der Waals surface area contributed by atoms with Crippen molar-refractivity contribution in [1.82, 2.24) is 0 Å². The minimum absolute atomic E-state index is 0.00127. The van der Waals surface area contributed by atoms with Crippen molar-refractivity contribution >= 4 is 19.7 Å². The predicted octanol–water partition coefficient (Wildman–Crippen LogP) is 2.15. The molecule has 0 bridgehead atoms. The molecule has 0 spiro atoms. The van der Waals surface area contributed by atoms with Crippen LogP contribution >= 0.6 is 10.7 Å². The Morgan fingerprint density at radius 3 is 2.50 bits per heavy atom. The summed E-state index contributed by atoms with van der Waals surface area (Å²) in [7, 11) is 1.76. The fraction of sp³-hybridized carbons (Fsp3) is 1.00. The molecule has 0 unspecified atom stereocenters. The van der Waals surface area contributed by atoms with Gasteiger partial charge >= 0.3 is 0 Å². The van der Waals surface area contributed by atoms with Gasteiger partial charge in [0.25, 0.3) is 0 Å². The molecule has 0 heterocycles. The van der Waals surface area contributed by atoms with Crippen molar-refractivity contribution in [2.24, 2.45) is 5.92 Å². The third kappa shape index (κ3) is 5.17. The number of rotatable bonds is 5. The van der Waals surface area contributed by atoms with Crippen LogP contribution in [-0.4, -0.2) is 26.9 Å². The molecule has 14 heavy (non-hydrogen) atoms. The van der Waals surface area contributed by atoms with Gasteiger partial charge in [-0.05, 0) is 18.8 Å². The van der Waals surface area contributed by atoms with Gasteiger partial charge in [0.05, 0.1) is 18.5 Å². The van der Waals surface area contributed by atoms with Gasteiger partial charge in [0.2, 0.25) is 9.05 Å². The molecule has 1 fully saturated rings. The van der Waals surface area contributed by atoms with E-state index in [1.54, 1.807) is 0 Å². The van der Waals surface area contributed by atoms with Crippen LogP contribution < -0.4 is 0 Å². The van der Waals surface area contributed by atoms with Crippen molar-refractivity contribution in [3.05, 3.63) is 0 Å². The Hall–Kier alpha value is 0.200. The van der Waals surface area contributed by atoms with Gasteiger partial charge in [0, 0.05) is 10.7 Å². The highest BCUT2D eigenvalue weighted by Crippen LogP contribution is 2.21. The molecule has 0 aliphatic heterocycles. The molecule has 1 atom stereocenters. The fourth-order valence-electron chi connectivity index (χ4n) is 1.74. The average molecular weight is 241 g/mol. The quantitative estimate of drug-likeness (QED) is 0.692. The van der Waals surface area contributed by atoms with Gasteiger partial charge in [-0.1, -0.05) is 19.8 Å². The van der Waals surface area contributed by atoms with E-state index in [9.17, 15) is 8.42 Å². The Balaban J connectivity index is 2.17. The second kappa shape index (κ2) is 5.33. The minimum atomic E-state index is -3.38. The first-order chi connectivity index (χ1) is 6.47. The number of hydrogen-bond acceptors (Lipinski definition) is 3. The predicted molar refractivity (Wildman–Crippen MR) is 57.0 cm³/mol. The summed E-state index contributed by atoms with van der Waals surface area (Å²) in [4.78, 5) is 0. The third-order valence-corrected chi connectivity index (χ3v) is 3.75. The molecule has 1 aliphatic rings. The summed E-state index contributed by atoms with van der Waals surface area (Å²) in [6, 6.07) is 0. The molecule has 0 aromatic rings. The molecule has 0 amide bonds. The maximum atomic E-state index is 10.7. The summed E-state index contributed by atoms with van der Waals surface area (Å²) in [5.74, 6) is -0.0144. The van der Waals surface area contributed by atoms with Crippen LogP contribution in [0.2, 0.25) is 0 Å². The lowest BCUT2D eigenvalue weighted by Gasteiger charge is -2.14. The monoisotopic (exact) mass is 240 g/mol. The van der Waals surface area contributed by atoms with Crippen LogP contribution in [0.15, 0.2) is 0 Å². The minimum Gasteiger partial charge on any atom is -0.378 e. The highest BCUT2D eigenvalue weighted by Gasteiger charge is 2.18. The Labute approximate surface area is 90.2 Å². The Bertz CT molecular complexity index is 257. The first kappa shape index (κ1) is 12.3. The zero-order valence-electron chi connectivity index (χ0n) is 8.41.